The first-order valence-corrected chi connectivity index (χ1v) is 5.61. The van der Waals surface area contributed by atoms with Gasteiger partial charge in [0, 0.05) is 20.3 Å². The average Bonchev–Trinajstić information content (AvgIpc) is 2.83. The predicted octanol–water partition coefficient (Wildman–Crippen LogP) is 1.27. The average molecular weight is 210 g/mol. The molecule has 1 heterocycles. The summed E-state index contributed by atoms with van der Waals surface area (Å²) in [6.45, 7) is 0.817. The highest BCUT2D eigenvalue weighted by Crippen LogP contribution is 2.20. The molecule has 0 aromatic carbocycles. The van der Waals surface area contributed by atoms with Crippen molar-refractivity contribution in [2.24, 2.45) is 0 Å². The number of hydrogen-bond acceptors (Lipinski definition) is 4. The van der Waals surface area contributed by atoms with Gasteiger partial charge in [0.25, 0.3) is 0 Å². The van der Waals surface area contributed by atoms with Gasteiger partial charge in [-0.1, -0.05) is 14.9 Å². The maximum Gasteiger partial charge on any atom is 0.497 e. The van der Waals surface area contributed by atoms with Crippen molar-refractivity contribution in [3.05, 3.63) is 0 Å². The topological polar surface area (TPSA) is 51.2 Å². The highest BCUT2D eigenvalue weighted by atomic mass is 28.4. The summed E-state index contributed by atoms with van der Waals surface area (Å²) < 4.78 is 14.8. The van der Waals surface area contributed by atoms with Crippen LogP contribution in [-0.4, -0.2) is 40.5 Å². The summed E-state index contributed by atoms with van der Waals surface area (Å²) in [5.41, 5.74) is 0. The second-order valence-corrected chi connectivity index (χ2v) is 5.36. The Morgan fingerprint density at radius 3 is 2.15 bits per heavy atom. The molecule has 0 aliphatic carbocycles. The smallest absolute Gasteiger partial charge is 0.390 e. The first-order valence-electron chi connectivity index (χ1n) is 3.64. The molecule has 0 aromatic heterocycles. The Hall–Kier alpha value is 0.0569. The highest BCUT2D eigenvalue weighted by molar-refractivity contribution is 6.59. The Morgan fingerprint density at radius 1 is 1.38 bits per heavy atom. The van der Waals surface area contributed by atoms with Gasteiger partial charge in [-0.3, -0.25) is 0 Å². The normalized spacial score (nSPS) is 20.1. The van der Waals surface area contributed by atoms with Gasteiger partial charge in [-0.15, -0.1) is 0 Å². The molecular weight excluding hydrogens is 188 g/mol. The molecule has 1 rings (SSSR count). The standard InChI is InChI=1S/C6H14O4Si.2CH4/c1-8-11(7,9-2)4-3-6-5-10-6;;/h6-7H,3-5H2,1-2H3;2*1H4. The molecule has 4 nitrogen and oxygen atoms in total. The lowest BCUT2D eigenvalue weighted by molar-refractivity contribution is 0.149. The summed E-state index contributed by atoms with van der Waals surface area (Å²) >= 11 is 0. The van der Waals surface area contributed by atoms with Crippen molar-refractivity contribution < 1.29 is 18.4 Å². The Kier molecular flexibility index (Phi) is 7.76. The van der Waals surface area contributed by atoms with E-state index in [4.69, 9.17) is 13.6 Å². The molecule has 1 saturated heterocycles. The fourth-order valence-corrected chi connectivity index (χ4v) is 2.13. The van der Waals surface area contributed by atoms with E-state index in [9.17, 15) is 4.80 Å². The van der Waals surface area contributed by atoms with Gasteiger partial charge >= 0.3 is 8.80 Å². The van der Waals surface area contributed by atoms with Crippen molar-refractivity contribution >= 4 is 8.80 Å². The maximum atomic E-state index is 9.54. The van der Waals surface area contributed by atoms with Gasteiger partial charge in [0.05, 0.1) is 12.7 Å². The molecule has 13 heavy (non-hydrogen) atoms. The van der Waals surface area contributed by atoms with Crippen LogP contribution in [0.25, 0.3) is 0 Å². The third-order valence-corrected chi connectivity index (χ3v) is 4.02. The van der Waals surface area contributed by atoms with Crippen LogP contribution in [0.5, 0.6) is 0 Å². The molecule has 1 aliphatic heterocycles. The summed E-state index contributed by atoms with van der Waals surface area (Å²) in [6.07, 6.45) is 1.17. The molecule has 82 valence electrons. The zero-order valence-electron chi connectivity index (χ0n) is 6.87. The molecule has 0 aromatic rings. The molecule has 1 N–H and O–H groups in total. The van der Waals surface area contributed by atoms with Crippen LogP contribution in [0.3, 0.4) is 0 Å². The Balaban J connectivity index is 0. The van der Waals surface area contributed by atoms with Gasteiger partial charge in [0.1, 0.15) is 0 Å². The van der Waals surface area contributed by atoms with Gasteiger partial charge in [-0.2, -0.15) is 0 Å². The summed E-state index contributed by atoms with van der Waals surface area (Å²) in [6, 6.07) is 0.588. The Morgan fingerprint density at radius 2 is 1.85 bits per heavy atom. The summed E-state index contributed by atoms with van der Waals surface area (Å²) in [5, 5.41) is 0. The molecule has 0 spiro atoms. The van der Waals surface area contributed by atoms with E-state index in [1.807, 2.05) is 0 Å². The fourth-order valence-electron chi connectivity index (χ4n) is 0.866. The summed E-state index contributed by atoms with van der Waals surface area (Å²) in [5.74, 6) is 0. The molecule has 1 atom stereocenters. The van der Waals surface area contributed by atoms with Crippen molar-refractivity contribution in [1.29, 1.82) is 0 Å². The Bertz CT molecular complexity index is 123. The second kappa shape index (κ2) is 6.50. The monoisotopic (exact) mass is 210 g/mol. The lowest BCUT2D eigenvalue weighted by Crippen LogP contribution is -2.40. The van der Waals surface area contributed by atoms with Gasteiger partial charge in [-0.25, -0.2) is 0 Å². The Labute approximate surface area is 82.2 Å². The van der Waals surface area contributed by atoms with Crippen LogP contribution in [0, 0.1) is 0 Å². The molecule has 0 amide bonds. The lowest BCUT2D eigenvalue weighted by atomic mass is 10.4. The van der Waals surface area contributed by atoms with Crippen molar-refractivity contribution in [2.45, 2.75) is 33.4 Å². The van der Waals surface area contributed by atoms with E-state index in [2.05, 4.69) is 0 Å². The summed E-state index contributed by atoms with van der Waals surface area (Å²) in [7, 11) is 0.151. The van der Waals surface area contributed by atoms with Gasteiger partial charge < -0.3 is 18.4 Å². The lowest BCUT2D eigenvalue weighted by Gasteiger charge is -2.18. The number of hydrogen-bond donors (Lipinski definition) is 1. The van der Waals surface area contributed by atoms with Crippen molar-refractivity contribution in [3.8, 4) is 0 Å². The van der Waals surface area contributed by atoms with Crippen molar-refractivity contribution in [3.63, 3.8) is 0 Å². The minimum absolute atomic E-state index is 0. The number of epoxide rings is 1. The van der Waals surface area contributed by atoms with Crippen LogP contribution in [0.4, 0.5) is 0 Å². The summed E-state index contributed by atoms with van der Waals surface area (Å²) in [4.78, 5) is 9.54. The van der Waals surface area contributed by atoms with Crippen LogP contribution < -0.4 is 0 Å². The molecule has 5 heteroatoms. The van der Waals surface area contributed by atoms with Crippen LogP contribution in [-0.2, 0) is 13.6 Å². The molecule has 1 aliphatic rings. The quantitative estimate of drug-likeness (QED) is 0.548. The minimum atomic E-state index is -2.80. The van der Waals surface area contributed by atoms with E-state index < -0.39 is 8.80 Å². The third-order valence-electron chi connectivity index (χ3n) is 1.82. The number of ether oxygens (including phenoxy) is 1. The molecular formula is C8H22O4Si. The van der Waals surface area contributed by atoms with Crippen molar-refractivity contribution in [1.82, 2.24) is 0 Å². The molecule has 0 bridgehead atoms. The molecule has 0 radical (unpaired) electrons. The third kappa shape index (κ3) is 5.38. The molecule has 1 fully saturated rings. The first-order chi connectivity index (χ1) is 5.20. The largest absolute Gasteiger partial charge is 0.497 e. The van der Waals surface area contributed by atoms with E-state index >= 15 is 0 Å². The van der Waals surface area contributed by atoms with Crippen LogP contribution >= 0.6 is 0 Å². The van der Waals surface area contributed by atoms with Crippen molar-refractivity contribution in [2.75, 3.05) is 20.8 Å². The van der Waals surface area contributed by atoms with E-state index in [0.717, 1.165) is 13.0 Å². The maximum absolute atomic E-state index is 9.54. The zero-order valence-corrected chi connectivity index (χ0v) is 7.87. The van der Waals surface area contributed by atoms with Crippen LogP contribution in [0.2, 0.25) is 6.04 Å². The highest BCUT2D eigenvalue weighted by Gasteiger charge is 2.37. The predicted molar refractivity (Wildman–Crippen MR) is 54.6 cm³/mol. The SMILES string of the molecule is C.C.CO[Si](O)(CCC1CO1)OC. The van der Waals surface area contributed by atoms with Gasteiger partial charge in [0.15, 0.2) is 0 Å². The van der Waals surface area contributed by atoms with Gasteiger partial charge in [-0.05, 0) is 6.42 Å². The van der Waals surface area contributed by atoms with Crippen LogP contribution in [0.15, 0.2) is 0 Å². The molecule has 1 unspecified atom stereocenters. The second-order valence-electron chi connectivity index (χ2n) is 2.61. The van der Waals surface area contributed by atoms with Gasteiger partial charge in [0.2, 0.25) is 0 Å². The first kappa shape index (κ1) is 15.5. The van der Waals surface area contributed by atoms with E-state index in [-0.39, 0.29) is 14.9 Å². The van der Waals surface area contributed by atoms with Crippen LogP contribution in [0.1, 0.15) is 21.3 Å². The zero-order chi connectivity index (χ0) is 8.32. The minimum Gasteiger partial charge on any atom is -0.390 e. The van der Waals surface area contributed by atoms with E-state index in [1.54, 1.807) is 0 Å². The van der Waals surface area contributed by atoms with E-state index in [0.29, 0.717) is 12.1 Å². The molecule has 0 saturated carbocycles. The number of rotatable bonds is 5. The fraction of sp³-hybridized carbons (Fsp3) is 1.00. The van der Waals surface area contributed by atoms with E-state index in [1.165, 1.54) is 14.2 Å².